The van der Waals surface area contributed by atoms with E-state index in [1.54, 1.807) is 43.5 Å². The molecular formula is C16H16N2O3. The molecule has 0 aliphatic carbocycles. The van der Waals surface area contributed by atoms with Crippen molar-refractivity contribution in [2.75, 3.05) is 0 Å². The van der Waals surface area contributed by atoms with E-state index >= 15 is 0 Å². The van der Waals surface area contributed by atoms with Crippen LogP contribution in [0.25, 0.3) is 6.20 Å². The average Bonchev–Trinajstić information content (AvgIpc) is 2.45. The van der Waals surface area contributed by atoms with Crippen molar-refractivity contribution in [1.29, 1.82) is 0 Å². The van der Waals surface area contributed by atoms with Gasteiger partial charge in [-0.3, -0.25) is 14.2 Å². The molecule has 2 aromatic rings. The van der Waals surface area contributed by atoms with Gasteiger partial charge in [-0.25, -0.2) is 4.79 Å². The third-order valence-corrected chi connectivity index (χ3v) is 2.91. The van der Waals surface area contributed by atoms with Crippen LogP contribution in [0.1, 0.15) is 29.8 Å². The summed E-state index contributed by atoms with van der Waals surface area (Å²) in [6, 6.07) is 8.27. The van der Waals surface area contributed by atoms with Crippen molar-refractivity contribution in [3.8, 4) is 0 Å². The maximum Gasteiger partial charge on any atom is 0.342 e. The molecule has 0 unspecified atom stereocenters. The van der Waals surface area contributed by atoms with Gasteiger partial charge in [-0.1, -0.05) is 23.8 Å². The van der Waals surface area contributed by atoms with E-state index in [1.807, 2.05) is 13.8 Å². The van der Waals surface area contributed by atoms with Crippen LogP contribution in [-0.2, 0) is 0 Å². The number of aromatic nitrogens is 2. The van der Waals surface area contributed by atoms with Crippen LogP contribution in [0.4, 0.5) is 0 Å². The number of rotatable bonds is 2. The van der Waals surface area contributed by atoms with Crippen LogP contribution in [-0.4, -0.2) is 15.0 Å². The van der Waals surface area contributed by atoms with Crippen molar-refractivity contribution in [3.05, 3.63) is 74.1 Å². The van der Waals surface area contributed by atoms with Gasteiger partial charge >= 0.3 is 5.69 Å². The summed E-state index contributed by atoms with van der Waals surface area (Å²) < 4.78 is 1.93. The number of carbonyl (C=O) groups excluding carboxylic acids is 1. The predicted octanol–water partition coefficient (Wildman–Crippen LogP) is 1.89. The smallest absolute Gasteiger partial charge is 0.275 e. The zero-order chi connectivity index (χ0) is 15.6. The monoisotopic (exact) mass is 284 g/mol. The lowest BCUT2D eigenvalue weighted by Crippen LogP contribution is -2.43. The van der Waals surface area contributed by atoms with E-state index in [9.17, 15) is 14.4 Å². The van der Waals surface area contributed by atoms with E-state index in [-0.39, 0.29) is 0 Å². The van der Waals surface area contributed by atoms with Crippen LogP contribution in [0.2, 0.25) is 0 Å². The maximum absolute atomic E-state index is 12.4. The third kappa shape index (κ3) is 2.91. The van der Waals surface area contributed by atoms with Gasteiger partial charge in [0.05, 0.1) is 0 Å². The minimum Gasteiger partial charge on any atom is -0.275 e. The fourth-order valence-corrected chi connectivity index (χ4v) is 1.96. The lowest BCUT2D eigenvalue weighted by Gasteiger charge is -2.08. The lowest BCUT2D eigenvalue weighted by atomic mass is 10.2. The number of aryl methyl sites for hydroxylation is 1. The molecule has 0 aliphatic heterocycles. The highest BCUT2D eigenvalue weighted by molar-refractivity contribution is 5.95. The summed E-state index contributed by atoms with van der Waals surface area (Å²) in [5.74, 6) is -0.620. The molecule has 1 heterocycles. The average molecular weight is 284 g/mol. The molecule has 0 saturated heterocycles. The second-order valence-electron chi connectivity index (χ2n) is 5.02. The topological polar surface area (TPSA) is 61.1 Å². The third-order valence-electron chi connectivity index (χ3n) is 2.91. The minimum absolute atomic E-state index is 0.297. The number of hydrogen-bond donors (Lipinski definition) is 0. The van der Waals surface area contributed by atoms with E-state index in [1.165, 1.54) is 10.8 Å². The predicted molar refractivity (Wildman–Crippen MR) is 81.5 cm³/mol. The molecular weight excluding hydrogens is 268 g/mol. The Balaban J connectivity index is 2.72. The quantitative estimate of drug-likeness (QED) is 0.846. The zero-order valence-electron chi connectivity index (χ0n) is 12.2. The van der Waals surface area contributed by atoms with Crippen LogP contribution in [0, 0.1) is 6.92 Å². The van der Waals surface area contributed by atoms with E-state index in [0.29, 0.717) is 15.7 Å². The van der Waals surface area contributed by atoms with E-state index in [4.69, 9.17) is 0 Å². The second kappa shape index (κ2) is 5.75. The first-order valence-corrected chi connectivity index (χ1v) is 6.51. The Morgan fingerprint density at radius 1 is 1.10 bits per heavy atom. The zero-order valence-corrected chi connectivity index (χ0v) is 12.2. The molecule has 108 valence electrons. The minimum atomic E-state index is -0.666. The van der Waals surface area contributed by atoms with Crippen LogP contribution in [0.5, 0.6) is 0 Å². The molecule has 1 aromatic carbocycles. The van der Waals surface area contributed by atoms with Crippen LogP contribution < -0.4 is 11.2 Å². The molecule has 0 fully saturated rings. The molecule has 5 heteroatoms. The molecule has 0 spiro atoms. The van der Waals surface area contributed by atoms with Crippen LogP contribution in [0.15, 0.2) is 51.7 Å². The molecule has 0 saturated carbocycles. The molecule has 0 bridgehead atoms. The first kappa shape index (κ1) is 14.7. The molecule has 5 nitrogen and oxygen atoms in total. The fourth-order valence-electron chi connectivity index (χ4n) is 1.96. The van der Waals surface area contributed by atoms with Crippen LogP contribution in [0.3, 0.4) is 0 Å². The second-order valence-corrected chi connectivity index (χ2v) is 5.02. The molecule has 0 N–H and O–H groups in total. The van der Waals surface area contributed by atoms with Crippen molar-refractivity contribution in [2.45, 2.75) is 20.8 Å². The van der Waals surface area contributed by atoms with Gasteiger partial charge in [0.1, 0.15) is 0 Å². The first-order chi connectivity index (χ1) is 9.91. The number of nitrogens with zero attached hydrogens (tertiary/aromatic N) is 2. The van der Waals surface area contributed by atoms with Crippen molar-refractivity contribution in [3.63, 3.8) is 0 Å². The Kier molecular flexibility index (Phi) is 4.03. The molecule has 1 aromatic heterocycles. The molecule has 0 amide bonds. The summed E-state index contributed by atoms with van der Waals surface area (Å²) in [6.07, 6.45) is 3.02. The summed E-state index contributed by atoms with van der Waals surface area (Å²) >= 11 is 0. The molecule has 0 atom stereocenters. The number of allylic oxidation sites excluding steroid dienone is 1. The van der Waals surface area contributed by atoms with Crippen LogP contribution >= 0.6 is 0 Å². The molecule has 0 aliphatic rings. The van der Waals surface area contributed by atoms with Gasteiger partial charge in [-0.2, -0.15) is 4.57 Å². The molecule has 0 radical (unpaired) electrons. The van der Waals surface area contributed by atoms with Gasteiger partial charge < -0.3 is 0 Å². The Bertz CT molecular complexity index is 823. The highest BCUT2D eigenvalue weighted by Gasteiger charge is 2.16. The summed E-state index contributed by atoms with van der Waals surface area (Å²) in [4.78, 5) is 36.9. The summed E-state index contributed by atoms with van der Waals surface area (Å²) in [7, 11) is 0. The Labute approximate surface area is 121 Å². The van der Waals surface area contributed by atoms with Crippen molar-refractivity contribution >= 4 is 12.1 Å². The normalized spacial score (nSPS) is 10.2. The van der Waals surface area contributed by atoms with E-state index in [0.717, 1.165) is 5.57 Å². The van der Waals surface area contributed by atoms with Crippen molar-refractivity contribution in [1.82, 2.24) is 9.13 Å². The summed E-state index contributed by atoms with van der Waals surface area (Å²) in [6.45, 7) is 5.23. The molecule has 21 heavy (non-hydrogen) atoms. The number of hydrogen-bond acceptors (Lipinski definition) is 3. The number of carbonyl (C=O) groups is 1. The standard InChI is InChI=1S/C16H16N2O3/c1-11(2)9-17-10-12(3)14(19)18(16(17)21)15(20)13-7-5-4-6-8-13/h4-10H,1-3H3. The first-order valence-electron chi connectivity index (χ1n) is 6.51. The van der Waals surface area contributed by atoms with Gasteiger partial charge in [0.2, 0.25) is 0 Å². The Morgan fingerprint density at radius 3 is 2.29 bits per heavy atom. The van der Waals surface area contributed by atoms with Gasteiger partial charge in [-0.15, -0.1) is 0 Å². The Hall–Kier alpha value is -2.69. The van der Waals surface area contributed by atoms with Gasteiger partial charge in [0, 0.05) is 23.5 Å². The van der Waals surface area contributed by atoms with E-state index in [2.05, 4.69) is 0 Å². The summed E-state index contributed by atoms with van der Waals surface area (Å²) in [5, 5.41) is 0. The van der Waals surface area contributed by atoms with Gasteiger partial charge in [0.15, 0.2) is 0 Å². The Morgan fingerprint density at radius 2 is 1.71 bits per heavy atom. The summed E-state index contributed by atoms with van der Waals surface area (Å²) in [5.41, 5.74) is 0.254. The maximum atomic E-state index is 12.4. The SMILES string of the molecule is CC(C)=Cn1cc(C)c(=O)n(C(=O)c2ccccc2)c1=O. The fraction of sp³-hybridized carbons (Fsp3) is 0.188. The van der Waals surface area contributed by atoms with Gasteiger partial charge in [-0.05, 0) is 32.9 Å². The number of benzene rings is 1. The lowest BCUT2D eigenvalue weighted by molar-refractivity contribution is 0.0949. The largest absolute Gasteiger partial charge is 0.342 e. The van der Waals surface area contributed by atoms with E-state index < -0.39 is 17.2 Å². The highest BCUT2D eigenvalue weighted by atomic mass is 16.2. The highest BCUT2D eigenvalue weighted by Crippen LogP contribution is 2.01. The van der Waals surface area contributed by atoms with Crippen molar-refractivity contribution < 1.29 is 4.79 Å². The molecule has 2 rings (SSSR count). The van der Waals surface area contributed by atoms with Crippen molar-refractivity contribution in [2.24, 2.45) is 0 Å². The van der Waals surface area contributed by atoms with Gasteiger partial charge in [0.25, 0.3) is 11.5 Å².